The van der Waals surface area contributed by atoms with Gasteiger partial charge >= 0.3 is 6.18 Å². The monoisotopic (exact) mass is 297 g/mol. The van der Waals surface area contributed by atoms with Crippen LogP contribution in [0.4, 0.5) is 13.2 Å². The largest absolute Gasteiger partial charge is 0.492 e. The van der Waals surface area contributed by atoms with Crippen LogP contribution in [0.15, 0.2) is 28.7 Å². The summed E-state index contributed by atoms with van der Waals surface area (Å²) in [4.78, 5) is 0. The van der Waals surface area contributed by atoms with Crippen molar-refractivity contribution in [3.05, 3.63) is 28.7 Å². The Morgan fingerprint density at radius 1 is 1.19 bits per heavy atom. The predicted molar refractivity (Wildman–Crippen MR) is 58.6 cm³/mol. The molecule has 0 bridgehead atoms. The van der Waals surface area contributed by atoms with Crippen LogP contribution in [0.5, 0.6) is 5.75 Å². The van der Waals surface area contributed by atoms with Gasteiger partial charge in [0, 0.05) is 11.0 Å². The molecular formula is C10H11BrF3NO. The summed E-state index contributed by atoms with van der Waals surface area (Å²) in [5.41, 5.74) is 0. The van der Waals surface area contributed by atoms with Gasteiger partial charge in [-0.15, -0.1) is 0 Å². The molecule has 0 atom stereocenters. The molecule has 1 aromatic carbocycles. The Kier molecular flexibility index (Phi) is 5.08. The van der Waals surface area contributed by atoms with Crippen LogP contribution in [-0.2, 0) is 0 Å². The summed E-state index contributed by atoms with van der Waals surface area (Å²) in [6, 6.07) is 7.10. The van der Waals surface area contributed by atoms with Crippen molar-refractivity contribution < 1.29 is 17.9 Å². The Labute approximate surface area is 99.9 Å². The van der Waals surface area contributed by atoms with Crippen molar-refractivity contribution in [3.8, 4) is 5.75 Å². The summed E-state index contributed by atoms with van der Waals surface area (Å²) in [6.45, 7) is -0.621. The Bertz CT molecular complexity index is 313. The fourth-order valence-corrected chi connectivity index (χ4v) is 1.27. The molecule has 0 spiro atoms. The van der Waals surface area contributed by atoms with Crippen LogP contribution in [0, 0.1) is 0 Å². The summed E-state index contributed by atoms with van der Waals surface area (Å²) in [5.74, 6) is 0.636. The smallest absolute Gasteiger partial charge is 0.401 e. The minimum atomic E-state index is -4.17. The number of benzene rings is 1. The lowest BCUT2D eigenvalue weighted by atomic mass is 10.3. The van der Waals surface area contributed by atoms with Gasteiger partial charge in [0.25, 0.3) is 0 Å². The molecule has 0 unspecified atom stereocenters. The SMILES string of the molecule is FC(F)(F)CNCCOc1ccc(Br)cc1. The third kappa shape index (κ3) is 5.97. The molecule has 0 saturated heterocycles. The molecule has 90 valence electrons. The predicted octanol–water partition coefficient (Wildman–Crippen LogP) is 2.98. The maximum Gasteiger partial charge on any atom is 0.401 e. The molecule has 0 aliphatic heterocycles. The first-order chi connectivity index (χ1) is 7.47. The number of alkyl halides is 3. The van der Waals surface area contributed by atoms with E-state index in [9.17, 15) is 13.2 Å². The zero-order valence-corrected chi connectivity index (χ0v) is 9.94. The molecule has 0 saturated carbocycles. The fraction of sp³-hybridized carbons (Fsp3) is 0.400. The Morgan fingerprint density at radius 2 is 1.81 bits per heavy atom. The first kappa shape index (κ1) is 13.3. The molecule has 1 N–H and O–H groups in total. The summed E-state index contributed by atoms with van der Waals surface area (Å²) in [6.07, 6.45) is -4.17. The van der Waals surface area contributed by atoms with Gasteiger partial charge in [-0.2, -0.15) is 13.2 Å². The quantitative estimate of drug-likeness (QED) is 0.844. The van der Waals surface area contributed by atoms with Crippen molar-refractivity contribution in [1.29, 1.82) is 0 Å². The van der Waals surface area contributed by atoms with Crippen molar-refractivity contribution >= 4 is 15.9 Å². The van der Waals surface area contributed by atoms with E-state index in [0.29, 0.717) is 5.75 Å². The topological polar surface area (TPSA) is 21.3 Å². The molecule has 0 aliphatic carbocycles. The molecule has 0 radical (unpaired) electrons. The second-order valence-corrected chi connectivity index (χ2v) is 4.01. The number of hydrogen-bond acceptors (Lipinski definition) is 2. The van der Waals surface area contributed by atoms with Crippen molar-refractivity contribution in [2.45, 2.75) is 6.18 Å². The third-order valence-electron chi connectivity index (χ3n) is 1.69. The highest BCUT2D eigenvalue weighted by Gasteiger charge is 2.25. The van der Waals surface area contributed by atoms with Crippen LogP contribution in [-0.4, -0.2) is 25.9 Å². The van der Waals surface area contributed by atoms with E-state index in [1.54, 1.807) is 24.3 Å². The Hall–Kier alpha value is -0.750. The zero-order valence-electron chi connectivity index (χ0n) is 8.35. The number of nitrogens with one attached hydrogen (secondary N) is 1. The van der Waals surface area contributed by atoms with Crippen molar-refractivity contribution in [3.63, 3.8) is 0 Å². The number of halogens is 4. The molecule has 0 fully saturated rings. The molecule has 0 aliphatic rings. The van der Waals surface area contributed by atoms with Gasteiger partial charge in [0.1, 0.15) is 12.4 Å². The Balaban J connectivity index is 2.14. The van der Waals surface area contributed by atoms with Crippen molar-refractivity contribution in [2.75, 3.05) is 19.7 Å². The van der Waals surface area contributed by atoms with Crippen molar-refractivity contribution in [1.82, 2.24) is 5.32 Å². The van der Waals surface area contributed by atoms with Gasteiger partial charge < -0.3 is 10.1 Å². The van der Waals surface area contributed by atoms with E-state index in [-0.39, 0.29) is 13.2 Å². The number of ether oxygens (including phenoxy) is 1. The highest BCUT2D eigenvalue weighted by molar-refractivity contribution is 9.10. The number of hydrogen-bond donors (Lipinski definition) is 1. The van der Waals surface area contributed by atoms with Crippen molar-refractivity contribution in [2.24, 2.45) is 0 Å². The van der Waals surface area contributed by atoms with Crippen LogP contribution in [0.2, 0.25) is 0 Å². The summed E-state index contributed by atoms with van der Waals surface area (Å²) >= 11 is 3.27. The van der Waals surface area contributed by atoms with Gasteiger partial charge in [0.2, 0.25) is 0 Å². The second kappa shape index (κ2) is 6.10. The highest BCUT2D eigenvalue weighted by atomic mass is 79.9. The van der Waals surface area contributed by atoms with Gasteiger partial charge in [-0.3, -0.25) is 0 Å². The molecule has 2 nitrogen and oxygen atoms in total. The minimum absolute atomic E-state index is 0.162. The molecular weight excluding hydrogens is 287 g/mol. The molecule has 0 aromatic heterocycles. The van der Waals surface area contributed by atoms with Crippen LogP contribution in [0.3, 0.4) is 0 Å². The van der Waals surface area contributed by atoms with E-state index in [2.05, 4.69) is 21.2 Å². The van der Waals surface area contributed by atoms with E-state index in [4.69, 9.17) is 4.74 Å². The van der Waals surface area contributed by atoms with Crippen LogP contribution < -0.4 is 10.1 Å². The Morgan fingerprint density at radius 3 is 2.38 bits per heavy atom. The summed E-state index contributed by atoms with van der Waals surface area (Å²) in [5, 5.41) is 2.25. The van der Waals surface area contributed by atoms with E-state index in [0.717, 1.165) is 4.47 Å². The van der Waals surface area contributed by atoms with Gasteiger partial charge in [-0.05, 0) is 24.3 Å². The normalized spacial score (nSPS) is 11.5. The fourth-order valence-electron chi connectivity index (χ4n) is 1.00. The van der Waals surface area contributed by atoms with Crippen LogP contribution >= 0.6 is 15.9 Å². The number of rotatable bonds is 5. The van der Waals surface area contributed by atoms with E-state index in [1.165, 1.54) is 0 Å². The summed E-state index contributed by atoms with van der Waals surface area (Å²) < 4.78 is 41.4. The maximum atomic E-state index is 11.7. The average molecular weight is 298 g/mol. The lowest BCUT2D eigenvalue weighted by Crippen LogP contribution is -2.31. The average Bonchev–Trinajstić information content (AvgIpc) is 2.19. The zero-order chi connectivity index (χ0) is 12.0. The van der Waals surface area contributed by atoms with Gasteiger partial charge in [-0.25, -0.2) is 0 Å². The molecule has 16 heavy (non-hydrogen) atoms. The molecule has 6 heteroatoms. The van der Waals surface area contributed by atoms with E-state index < -0.39 is 12.7 Å². The first-order valence-corrected chi connectivity index (χ1v) is 5.42. The summed E-state index contributed by atoms with van der Waals surface area (Å²) in [7, 11) is 0. The van der Waals surface area contributed by atoms with Crippen LogP contribution in [0.25, 0.3) is 0 Å². The molecule has 1 aromatic rings. The standard InChI is InChI=1S/C10H11BrF3NO/c11-8-1-3-9(4-2-8)16-6-5-15-7-10(12,13)14/h1-4,15H,5-7H2. The lowest BCUT2D eigenvalue weighted by molar-refractivity contribution is -0.124. The molecule has 0 amide bonds. The molecule has 0 heterocycles. The van der Waals surface area contributed by atoms with E-state index >= 15 is 0 Å². The molecule has 1 rings (SSSR count). The second-order valence-electron chi connectivity index (χ2n) is 3.09. The highest BCUT2D eigenvalue weighted by Crippen LogP contribution is 2.16. The van der Waals surface area contributed by atoms with Crippen LogP contribution in [0.1, 0.15) is 0 Å². The maximum absolute atomic E-state index is 11.7. The third-order valence-corrected chi connectivity index (χ3v) is 2.22. The minimum Gasteiger partial charge on any atom is -0.492 e. The lowest BCUT2D eigenvalue weighted by Gasteiger charge is -2.09. The van der Waals surface area contributed by atoms with Gasteiger partial charge in [-0.1, -0.05) is 15.9 Å². The van der Waals surface area contributed by atoms with Gasteiger partial charge in [0.15, 0.2) is 0 Å². The van der Waals surface area contributed by atoms with E-state index in [1.807, 2.05) is 0 Å². The first-order valence-electron chi connectivity index (χ1n) is 4.63. The van der Waals surface area contributed by atoms with Gasteiger partial charge in [0.05, 0.1) is 6.54 Å².